The smallest absolute Gasteiger partial charge is 0.276 e. The molecule has 0 heterocycles. The van der Waals surface area contributed by atoms with Gasteiger partial charge in [0.05, 0.1) is 6.26 Å². The molecule has 1 aliphatic carbocycles. The minimum absolute atomic E-state index is 0.179. The maximum absolute atomic E-state index is 12.3. The average molecular weight is 367 g/mol. The second kappa shape index (κ2) is 8.77. The number of hydrogen-bond acceptors (Lipinski definition) is 3. The normalized spacial score (nSPS) is 16.7. The number of nitrogens with zero attached hydrogens (tertiary/aromatic N) is 1. The summed E-state index contributed by atoms with van der Waals surface area (Å²) >= 11 is 0. The third-order valence-electron chi connectivity index (χ3n) is 3.77. The second-order valence-corrected chi connectivity index (χ2v) is 7.73. The molecule has 0 saturated carbocycles. The number of amides is 1. The van der Waals surface area contributed by atoms with Crippen molar-refractivity contribution >= 4 is 28.1 Å². The van der Waals surface area contributed by atoms with Gasteiger partial charge < -0.3 is 11.5 Å². The first kappa shape index (κ1) is 20.9. The first-order valence-corrected chi connectivity index (χ1v) is 9.69. The number of aliphatic imine (C=N–C) groups is 1. The number of benzene rings is 1. The van der Waals surface area contributed by atoms with Gasteiger partial charge in [0, 0.05) is 5.57 Å². The molecule has 8 heteroatoms. The van der Waals surface area contributed by atoms with Crippen LogP contribution >= 0.6 is 0 Å². The number of guanidine groups is 1. The number of hydrogen-bond donors (Lipinski definition) is 3. The summed E-state index contributed by atoms with van der Waals surface area (Å²) in [6.07, 6.45) is 4.56. The van der Waals surface area contributed by atoms with Crippen LogP contribution in [0, 0.1) is 11.8 Å². The van der Waals surface area contributed by atoms with Gasteiger partial charge in [-0.15, -0.1) is 0 Å². The van der Waals surface area contributed by atoms with E-state index in [9.17, 15) is 13.2 Å². The van der Waals surface area contributed by atoms with E-state index in [4.69, 9.17) is 16.0 Å². The highest BCUT2D eigenvalue weighted by atomic mass is 32.2. The first-order valence-electron chi connectivity index (χ1n) is 7.85. The molecular formula is C17H25N3O4S. The third kappa shape index (κ3) is 7.49. The lowest BCUT2D eigenvalue weighted by molar-refractivity contribution is -0.115. The van der Waals surface area contributed by atoms with E-state index in [2.05, 4.69) is 24.9 Å². The van der Waals surface area contributed by atoms with Gasteiger partial charge in [-0.1, -0.05) is 38.1 Å². The molecule has 0 aromatic heterocycles. The van der Waals surface area contributed by atoms with Crippen molar-refractivity contribution in [2.75, 3.05) is 6.26 Å². The fourth-order valence-electron chi connectivity index (χ4n) is 2.74. The zero-order valence-electron chi connectivity index (χ0n) is 14.6. The van der Waals surface area contributed by atoms with Gasteiger partial charge in [-0.2, -0.15) is 13.4 Å². The van der Waals surface area contributed by atoms with Crippen LogP contribution in [0.1, 0.15) is 31.4 Å². The summed E-state index contributed by atoms with van der Waals surface area (Å²) < 4.78 is 25.9. The van der Waals surface area contributed by atoms with E-state index < -0.39 is 10.1 Å². The van der Waals surface area contributed by atoms with Crippen LogP contribution in [-0.2, 0) is 21.3 Å². The molecule has 0 fully saturated rings. The molecule has 1 aliphatic rings. The van der Waals surface area contributed by atoms with Crippen molar-refractivity contribution in [2.45, 2.75) is 26.7 Å². The van der Waals surface area contributed by atoms with Crippen molar-refractivity contribution in [1.82, 2.24) is 0 Å². The zero-order valence-corrected chi connectivity index (χ0v) is 15.5. The molecule has 0 radical (unpaired) electrons. The second-order valence-electron chi connectivity index (χ2n) is 6.26. The molecule has 7 nitrogen and oxygen atoms in total. The van der Waals surface area contributed by atoms with Crippen molar-refractivity contribution in [3.63, 3.8) is 0 Å². The molecular weight excluding hydrogens is 342 g/mol. The van der Waals surface area contributed by atoms with E-state index in [0.29, 0.717) is 17.7 Å². The van der Waals surface area contributed by atoms with Gasteiger partial charge in [-0.25, -0.2) is 0 Å². The molecule has 0 bridgehead atoms. The van der Waals surface area contributed by atoms with Crippen molar-refractivity contribution in [2.24, 2.45) is 28.3 Å². The van der Waals surface area contributed by atoms with Crippen molar-refractivity contribution in [3.05, 3.63) is 41.0 Å². The highest BCUT2D eigenvalue weighted by Crippen LogP contribution is 2.32. The summed E-state index contributed by atoms with van der Waals surface area (Å²) in [5, 5.41) is 0. The maximum Gasteiger partial charge on any atom is 0.276 e. The third-order valence-corrected chi connectivity index (χ3v) is 3.77. The minimum atomic E-state index is -3.67. The van der Waals surface area contributed by atoms with Gasteiger partial charge in [0.1, 0.15) is 0 Å². The molecule has 0 spiro atoms. The van der Waals surface area contributed by atoms with Crippen molar-refractivity contribution < 1.29 is 17.8 Å². The fraction of sp³-hybridized carbons (Fsp3) is 0.412. The van der Waals surface area contributed by atoms with Crippen LogP contribution in [0.2, 0.25) is 0 Å². The molecule has 1 aromatic rings. The van der Waals surface area contributed by atoms with Gasteiger partial charge in [-0.3, -0.25) is 9.35 Å². The van der Waals surface area contributed by atoms with E-state index in [1.165, 1.54) is 5.56 Å². The molecule has 2 rings (SSSR count). The number of carbonyl (C=O) groups excluding carboxylic acids is 1. The maximum atomic E-state index is 12.3. The van der Waals surface area contributed by atoms with Gasteiger partial charge in [0.25, 0.3) is 16.0 Å². The molecule has 5 N–H and O–H groups in total. The van der Waals surface area contributed by atoms with Crippen LogP contribution in [0.4, 0.5) is 0 Å². The topological polar surface area (TPSA) is 136 Å². The Morgan fingerprint density at radius 1 is 1.28 bits per heavy atom. The van der Waals surface area contributed by atoms with Crippen molar-refractivity contribution in [1.29, 1.82) is 0 Å². The Hall–Kier alpha value is -2.19. The van der Waals surface area contributed by atoms with Crippen LogP contribution in [0.3, 0.4) is 0 Å². The van der Waals surface area contributed by atoms with E-state index in [0.717, 1.165) is 18.4 Å². The van der Waals surface area contributed by atoms with Crippen LogP contribution in [-0.4, -0.2) is 31.1 Å². The fourth-order valence-corrected chi connectivity index (χ4v) is 2.74. The highest BCUT2D eigenvalue weighted by molar-refractivity contribution is 7.85. The Kier molecular flexibility index (Phi) is 7.32. The molecule has 0 aliphatic heterocycles. The summed E-state index contributed by atoms with van der Waals surface area (Å²) in [6, 6.07) is 8.14. The Bertz CT molecular complexity index is 771. The number of nitrogens with two attached hydrogens (primary N) is 2. The number of aryl methyl sites for hydroxylation is 1. The predicted octanol–water partition coefficient (Wildman–Crippen LogP) is 1.59. The molecule has 1 aromatic carbocycles. The van der Waals surface area contributed by atoms with Crippen molar-refractivity contribution in [3.8, 4) is 0 Å². The Morgan fingerprint density at radius 2 is 1.84 bits per heavy atom. The Balaban J connectivity index is 0.000000550. The molecule has 1 atom stereocenters. The van der Waals surface area contributed by atoms with Gasteiger partial charge in [0.15, 0.2) is 5.96 Å². The first-order chi connectivity index (χ1) is 11.5. The minimum Gasteiger partial charge on any atom is -0.370 e. The predicted molar refractivity (Wildman–Crippen MR) is 99.4 cm³/mol. The van der Waals surface area contributed by atoms with E-state index in [1.807, 2.05) is 24.3 Å². The van der Waals surface area contributed by atoms with Crippen LogP contribution in [0.5, 0.6) is 0 Å². The summed E-state index contributed by atoms with van der Waals surface area (Å²) in [5.41, 5.74) is 13.7. The molecule has 138 valence electrons. The quantitative estimate of drug-likeness (QED) is 0.412. The largest absolute Gasteiger partial charge is 0.370 e. The Labute approximate surface area is 148 Å². The van der Waals surface area contributed by atoms with Crippen LogP contribution in [0.15, 0.2) is 34.8 Å². The van der Waals surface area contributed by atoms with E-state index in [1.54, 1.807) is 0 Å². The number of fused-ring (bicyclic) bond motifs is 1. The number of rotatable bonds is 2. The van der Waals surface area contributed by atoms with E-state index in [-0.39, 0.29) is 17.8 Å². The Morgan fingerprint density at radius 3 is 2.36 bits per heavy atom. The molecule has 0 saturated heterocycles. The lowest BCUT2D eigenvalue weighted by Crippen LogP contribution is -2.26. The lowest BCUT2D eigenvalue weighted by atomic mass is 9.84. The average Bonchev–Trinajstić information content (AvgIpc) is 2.64. The van der Waals surface area contributed by atoms with Gasteiger partial charge in [-0.05, 0) is 41.9 Å². The summed E-state index contributed by atoms with van der Waals surface area (Å²) in [4.78, 5) is 16.0. The molecule has 25 heavy (non-hydrogen) atoms. The lowest BCUT2D eigenvalue weighted by Gasteiger charge is -2.20. The summed E-state index contributed by atoms with van der Waals surface area (Å²) in [5.74, 6) is 0.0445. The van der Waals surface area contributed by atoms with Crippen LogP contribution < -0.4 is 11.5 Å². The number of carbonyl (C=O) groups is 1. The molecule has 1 unspecified atom stereocenters. The summed E-state index contributed by atoms with van der Waals surface area (Å²) in [7, 11) is -3.67. The standard InChI is InChI=1S/C16H21N3O.CH4O3S/c1-10(2)13-8-7-11-5-3-4-6-12(11)9-14(13)15(20)19-16(17)18;1-5(2,3)4/h3-6,9-10,13H,7-8H2,1-2H3,(H4,17,18,19,20);1H3,(H,2,3,4). The monoisotopic (exact) mass is 367 g/mol. The zero-order chi connectivity index (χ0) is 19.2. The molecule has 1 amide bonds. The van der Waals surface area contributed by atoms with E-state index >= 15 is 0 Å². The highest BCUT2D eigenvalue weighted by Gasteiger charge is 2.26. The SMILES string of the molecule is CC(C)C1CCc2ccccc2C=C1C(=O)N=C(N)N.CS(=O)(=O)O. The van der Waals surface area contributed by atoms with Crippen LogP contribution in [0.25, 0.3) is 6.08 Å². The van der Waals surface area contributed by atoms with Gasteiger partial charge in [0.2, 0.25) is 0 Å². The van der Waals surface area contributed by atoms with Gasteiger partial charge >= 0.3 is 0 Å². The summed E-state index contributed by atoms with van der Waals surface area (Å²) in [6.45, 7) is 4.24.